The molecule has 15 heavy (non-hydrogen) atoms. The molecule has 88 valence electrons. The second kappa shape index (κ2) is 5.94. The van der Waals surface area contributed by atoms with Crippen molar-refractivity contribution in [2.24, 2.45) is 5.73 Å². The lowest BCUT2D eigenvalue weighted by molar-refractivity contribution is -0.122. The van der Waals surface area contributed by atoms with Crippen LogP contribution in [-0.2, 0) is 0 Å². The van der Waals surface area contributed by atoms with Gasteiger partial charge in [0.05, 0.1) is 0 Å². The normalized spacial score (nSPS) is 10.6. The molecule has 0 unspecified atom stereocenters. The molecule has 0 aliphatic carbocycles. The number of urea groups is 2. The van der Waals surface area contributed by atoms with E-state index in [9.17, 15) is 22.8 Å². The van der Waals surface area contributed by atoms with Crippen LogP contribution in [0.4, 0.5) is 22.8 Å². The van der Waals surface area contributed by atoms with Crippen LogP contribution in [0.1, 0.15) is 0 Å². The van der Waals surface area contributed by atoms with E-state index in [-0.39, 0.29) is 13.1 Å². The molecule has 6 nitrogen and oxygen atoms in total. The summed E-state index contributed by atoms with van der Waals surface area (Å²) in [6.45, 7) is -1.36. The van der Waals surface area contributed by atoms with Crippen molar-refractivity contribution in [3.05, 3.63) is 0 Å². The lowest BCUT2D eigenvalue weighted by Gasteiger charge is -2.09. The monoisotopic (exact) mass is 228 g/mol. The molecule has 9 heteroatoms. The molecule has 0 aromatic carbocycles. The predicted octanol–water partition coefficient (Wildman–Crippen LogP) is -0.484. The lowest BCUT2D eigenvalue weighted by atomic mass is 10.6. The zero-order valence-electron chi connectivity index (χ0n) is 7.65. The van der Waals surface area contributed by atoms with Crippen LogP contribution < -0.4 is 21.7 Å². The minimum Gasteiger partial charge on any atom is -0.352 e. The predicted molar refractivity (Wildman–Crippen MR) is 45.0 cm³/mol. The summed E-state index contributed by atoms with van der Waals surface area (Å²) in [5.41, 5.74) is 4.70. The number of carbonyl (C=O) groups excluding carboxylic acids is 2. The first-order valence-corrected chi connectivity index (χ1v) is 3.93. The quantitative estimate of drug-likeness (QED) is 0.489. The number of rotatable bonds is 4. The maximum atomic E-state index is 11.6. The van der Waals surface area contributed by atoms with Crippen LogP contribution in [0, 0.1) is 0 Å². The smallest absolute Gasteiger partial charge is 0.352 e. The second-order valence-corrected chi connectivity index (χ2v) is 2.52. The second-order valence-electron chi connectivity index (χ2n) is 2.52. The molecule has 0 aromatic heterocycles. The summed E-state index contributed by atoms with van der Waals surface area (Å²) < 4.78 is 34.8. The number of hydrogen-bond donors (Lipinski definition) is 4. The minimum atomic E-state index is -4.44. The highest BCUT2D eigenvalue weighted by Crippen LogP contribution is 2.11. The van der Waals surface area contributed by atoms with E-state index in [1.54, 1.807) is 5.32 Å². The van der Waals surface area contributed by atoms with Gasteiger partial charge in [0.25, 0.3) is 0 Å². The zero-order chi connectivity index (χ0) is 11.9. The molecule has 4 amide bonds. The molecule has 0 atom stereocenters. The summed E-state index contributed by atoms with van der Waals surface area (Å²) in [5.74, 6) is 0. The van der Waals surface area contributed by atoms with Crippen LogP contribution in [0.5, 0.6) is 0 Å². The number of amides is 4. The van der Waals surface area contributed by atoms with Gasteiger partial charge in [-0.3, -0.25) is 0 Å². The van der Waals surface area contributed by atoms with Crippen LogP contribution in [-0.4, -0.2) is 37.9 Å². The van der Waals surface area contributed by atoms with Crippen molar-refractivity contribution in [2.75, 3.05) is 19.6 Å². The van der Waals surface area contributed by atoms with Crippen molar-refractivity contribution >= 4 is 12.1 Å². The Kier molecular flexibility index (Phi) is 5.27. The summed E-state index contributed by atoms with van der Waals surface area (Å²) in [6.07, 6.45) is -4.44. The van der Waals surface area contributed by atoms with E-state index in [0.29, 0.717) is 0 Å². The van der Waals surface area contributed by atoms with E-state index >= 15 is 0 Å². The van der Waals surface area contributed by atoms with Gasteiger partial charge in [0.1, 0.15) is 6.54 Å². The van der Waals surface area contributed by atoms with Crippen LogP contribution in [0.2, 0.25) is 0 Å². The minimum absolute atomic E-state index is 0.00731. The van der Waals surface area contributed by atoms with Crippen molar-refractivity contribution in [1.82, 2.24) is 16.0 Å². The fourth-order valence-corrected chi connectivity index (χ4v) is 0.605. The van der Waals surface area contributed by atoms with E-state index in [0.717, 1.165) is 0 Å². The molecule has 0 heterocycles. The van der Waals surface area contributed by atoms with Crippen molar-refractivity contribution in [1.29, 1.82) is 0 Å². The summed E-state index contributed by atoms with van der Waals surface area (Å²) >= 11 is 0. The van der Waals surface area contributed by atoms with Gasteiger partial charge in [-0.25, -0.2) is 9.59 Å². The third kappa shape index (κ3) is 10.2. The maximum Gasteiger partial charge on any atom is 0.405 e. The third-order valence-electron chi connectivity index (χ3n) is 1.16. The van der Waals surface area contributed by atoms with Crippen LogP contribution in [0.25, 0.3) is 0 Å². The summed E-state index contributed by atoms with van der Waals surface area (Å²) in [4.78, 5) is 20.8. The molecule has 0 radical (unpaired) electrons. The Bertz CT molecular complexity index is 231. The lowest BCUT2D eigenvalue weighted by Crippen LogP contribution is -2.44. The van der Waals surface area contributed by atoms with Gasteiger partial charge in [-0.2, -0.15) is 13.2 Å². The van der Waals surface area contributed by atoms with Gasteiger partial charge >= 0.3 is 18.2 Å². The zero-order valence-corrected chi connectivity index (χ0v) is 7.65. The number of hydrogen-bond acceptors (Lipinski definition) is 2. The summed E-state index contributed by atoms with van der Waals surface area (Å²) in [7, 11) is 0. The van der Waals surface area contributed by atoms with Gasteiger partial charge in [0.15, 0.2) is 0 Å². The van der Waals surface area contributed by atoms with Gasteiger partial charge < -0.3 is 21.7 Å². The van der Waals surface area contributed by atoms with Crippen molar-refractivity contribution in [2.45, 2.75) is 6.18 Å². The molecule has 0 aromatic rings. The van der Waals surface area contributed by atoms with E-state index in [1.165, 1.54) is 0 Å². The maximum absolute atomic E-state index is 11.6. The van der Waals surface area contributed by atoms with E-state index in [2.05, 4.69) is 10.6 Å². The number of alkyl halides is 3. The Morgan fingerprint density at radius 3 is 2.07 bits per heavy atom. The van der Waals surface area contributed by atoms with E-state index in [4.69, 9.17) is 5.73 Å². The van der Waals surface area contributed by atoms with Gasteiger partial charge in [-0.05, 0) is 0 Å². The Balaban J connectivity index is 3.46. The number of halogens is 3. The number of nitrogens with two attached hydrogens (primary N) is 1. The largest absolute Gasteiger partial charge is 0.405 e. The first-order valence-electron chi connectivity index (χ1n) is 3.93. The Morgan fingerprint density at radius 1 is 1.07 bits per heavy atom. The molecule has 0 rings (SSSR count). The van der Waals surface area contributed by atoms with Crippen LogP contribution in [0.3, 0.4) is 0 Å². The first kappa shape index (κ1) is 13.3. The number of primary amides is 1. The number of carbonyl (C=O) groups is 2. The highest BCUT2D eigenvalue weighted by molar-refractivity contribution is 5.74. The SMILES string of the molecule is NC(=O)NCCNC(=O)NCC(F)(F)F. The summed E-state index contributed by atoms with van der Waals surface area (Å²) in [6, 6.07) is -1.73. The fourth-order valence-electron chi connectivity index (χ4n) is 0.605. The highest BCUT2D eigenvalue weighted by Gasteiger charge is 2.27. The van der Waals surface area contributed by atoms with Crippen molar-refractivity contribution in [3.8, 4) is 0 Å². The molecule has 5 N–H and O–H groups in total. The molecule has 0 spiro atoms. The molecular formula is C6H11F3N4O2. The average molecular weight is 228 g/mol. The topological polar surface area (TPSA) is 96.2 Å². The van der Waals surface area contributed by atoms with E-state index in [1.807, 2.05) is 0 Å². The number of nitrogens with one attached hydrogen (secondary N) is 3. The Morgan fingerprint density at radius 2 is 1.60 bits per heavy atom. The molecular weight excluding hydrogens is 217 g/mol. The molecule has 0 saturated heterocycles. The molecule has 0 saturated carbocycles. The summed E-state index contributed by atoms with van der Waals surface area (Å²) in [5, 5.41) is 5.83. The molecule has 0 bridgehead atoms. The van der Waals surface area contributed by atoms with Gasteiger partial charge in [0, 0.05) is 13.1 Å². The molecule has 0 aliphatic heterocycles. The first-order chi connectivity index (χ1) is 6.81. The van der Waals surface area contributed by atoms with Crippen molar-refractivity contribution in [3.63, 3.8) is 0 Å². The molecule has 0 fully saturated rings. The average Bonchev–Trinajstić information content (AvgIpc) is 2.07. The van der Waals surface area contributed by atoms with E-state index < -0.39 is 24.8 Å². The highest BCUT2D eigenvalue weighted by atomic mass is 19.4. The van der Waals surface area contributed by atoms with Crippen LogP contribution >= 0.6 is 0 Å². The third-order valence-corrected chi connectivity index (χ3v) is 1.16. The van der Waals surface area contributed by atoms with Gasteiger partial charge in [0.2, 0.25) is 0 Å². The van der Waals surface area contributed by atoms with Gasteiger partial charge in [-0.15, -0.1) is 0 Å². The Labute approximate surface area is 83.4 Å². The standard InChI is InChI=1S/C6H11F3N4O2/c7-6(8,9)3-13-5(15)12-2-1-11-4(10)14/h1-3H2,(H3,10,11,14)(H2,12,13,15). The van der Waals surface area contributed by atoms with Gasteiger partial charge in [-0.1, -0.05) is 0 Å². The molecule has 0 aliphatic rings. The fraction of sp³-hybridized carbons (Fsp3) is 0.667. The Hall–Kier alpha value is -1.67. The van der Waals surface area contributed by atoms with Crippen LogP contribution in [0.15, 0.2) is 0 Å². The van der Waals surface area contributed by atoms with Crippen molar-refractivity contribution < 1.29 is 22.8 Å².